The number of benzene rings is 1. The maximum absolute atomic E-state index is 13.8. The monoisotopic (exact) mass is 294 g/mol. The molecule has 2 aliphatic heterocycles. The van der Waals surface area contributed by atoms with Gasteiger partial charge in [-0.3, -0.25) is 4.79 Å². The van der Waals surface area contributed by atoms with Gasteiger partial charge in [0, 0.05) is 18.7 Å². The van der Waals surface area contributed by atoms with Crippen molar-refractivity contribution in [3.8, 4) is 0 Å². The van der Waals surface area contributed by atoms with Crippen LogP contribution in [0.1, 0.15) is 11.7 Å². The molecule has 2 heterocycles. The van der Waals surface area contributed by atoms with Gasteiger partial charge in [-0.05, 0) is 6.07 Å². The zero-order valence-corrected chi connectivity index (χ0v) is 11.8. The van der Waals surface area contributed by atoms with Crippen LogP contribution in [-0.4, -0.2) is 56.3 Å². The number of nitrogens with zero attached hydrogens (tertiary/aromatic N) is 1. The summed E-state index contributed by atoms with van der Waals surface area (Å²) in [5.41, 5.74) is 0.503. The van der Waals surface area contributed by atoms with Crippen LogP contribution >= 0.6 is 0 Å². The summed E-state index contributed by atoms with van der Waals surface area (Å²) in [5, 5.41) is 3.15. The number of amides is 1. The van der Waals surface area contributed by atoms with Gasteiger partial charge in [0.2, 0.25) is 5.91 Å². The van der Waals surface area contributed by atoms with Gasteiger partial charge in [0.25, 0.3) is 0 Å². The minimum atomic E-state index is -0.409. The third kappa shape index (κ3) is 3.23. The van der Waals surface area contributed by atoms with E-state index in [1.54, 1.807) is 23.1 Å². The Morgan fingerprint density at radius 1 is 1.33 bits per heavy atom. The standard InChI is InChI=1S/C15H19FN2O3/c16-12-4-2-1-3-11(12)14-9-18(6-8-21-14)15(19)13-10-20-7-5-17-13/h1-4,13-14,17H,5-10H2/t13-,14-/m0/s1. The van der Waals surface area contributed by atoms with E-state index in [1.165, 1.54) is 6.07 Å². The molecule has 1 aromatic carbocycles. The van der Waals surface area contributed by atoms with E-state index < -0.39 is 6.10 Å². The molecule has 0 aromatic heterocycles. The van der Waals surface area contributed by atoms with Gasteiger partial charge in [-0.15, -0.1) is 0 Å². The largest absolute Gasteiger partial charge is 0.378 e. The van der Waals surface area contributed by atoms with E-state index >= 15 is 0 Å². The van der Waals surface area contributed by atoms with E-state index in [9.17, 15) is 9.18 Å². The van der Waals surface area contributed by atoms with Crippen molar-refractivity contribution in [1.82, 2.24) is 10.2 Å². The molecule has 0 unspecified atom stereocenters. The predicted octanol–water partition coefficient (Wildman–Crippen LogP) is 0.714. The number of carbonyl (C=O) groups excluding carboxylic acids is 1. The average Bonchev–Trinajstić information content (AvgIpc) is 2.55. The topological polar surface area (TPSA) is 50.8 Å². The summed E-state index contributed by atoms with van der Waals surface area (Å²) in [7, 11) is 0. The summed E-state index contributed by atoms with van der Waals surface area (Å²) in [6, 6.07) is 6.23. The van der Waals surface area contributed by atoms with Crippen LogP contribution < -0.4 is 5.32 Å². The molecule has 114 valence electrons. The molecular weight excluding hydrogens is 275 g/mol. The summed E-state index contributed by atoms with van der Waals surface area (Å²) in [6.45, 7) is 3.01. The van der Waals surface area contributed by atoms with Gasteiger partial charge in [-0.1, -0.05) is 18.2 Å². The van der Waals surface area contributed by atoms with Gasteiger partial charge in [0.05, 0.1) is 26.4 Å². The molecular formula is C15H19FN2O3. The van der Waals surface area contributed by atoms with E-state index in [1.807, 2.05) is 0 Å². The Labute approximate surface area is 123 Å². The lowest BCUT2D eigenvalue weighted by atomic mass is 10.1. The fraction of sp³-hybridized carbons (Fsp3) is 0.533. The minimum Gasteiger partial charge on any atom is -0.378 e. The van der Waals surface area contributed by atoms with Gasteiger partial charge in [-0.25, -0.2) is 4.39 Å². The fourth-order valence-electron chi connectivity index (χ4n) is 2.72. The zero-order chi connectivity index (χ0) is 14.7. The third-order valence-electron chi connectivity index (χ3n) is 3.85. The molecule has 0 spiro atoms. The van der Waals surface area contributed by atoms with Gasteiger partial charge in [-0.2, -0.15) is 0 Å². The molecule has 2 atom stereocenters. The lowest BCUT2D eigenvalue weighted by Crippen LogP contribution is -2.55. The second-order valence-corrected chi connectivity index (χ2v) is 5.25. The van der Waals surface area contributed by atoms with E-state index in [4.69, 9.17) is 9.47 Å². The van der Waals surface area contributed by atoms with Crippen LogP contribution in [0.15, 0.2) is 24.3 Å². The zero-order valence-electron chi connectivity index (χ0n) is 11.8. The van der Waals surface area contributed by atoms with Gasteiger partial charge < -0.3 is 19.7 Å². The first kappa shape index (κ1) is 14.4. The molecule has 0 aliphatic carbocycles. The van der Waals surface area contributed by atoms with E-state index in [0.717, 1.165) is 0 Å². The lowest BCUT2D eigenvalue weighted by molar-refractivity contribution is -0.144. The van der Waals surface area contributed by atoms with Crippen molar-refractivity contribution in [3.05, 3.63) is 35.6 Å². The predicted molar refractivity (Wildman–Crippen MR) is 74.3 cm³/mol. The number of halogens is 1. The molecule has 2 fully saturated rings. The van der Waals surface area contributed by atoms with Crippen LogP contribution in [0.5, 0.6) is 0 Å². The molecule has 1 aromatic rings. The highest BCUT2D eigenvalue weighted by Gasteiger charge is 2.31. The molecule has 0 bridgehead atoms. The molecule has 0 radical (unpaired) electrons. The van der Waals surface area contributed by atoms with Crippen molar-refractivity contribution in [2.75, 3.05) is 39.5 Å². The first-order chi connectivity index (χ1) is 10.3. The Balaban J connectivity index is 1.68. The molecule has 6 heteroatoms. The Kier molecular flexibility index (Phi) is 4.48. The van der Waals surface area contributed by atoms with Crippen molar-refractivity contribution in [1.29, 1.82) is 0 Å². The van der Waals surface area contributed by atoms with Crippen molar-refractivity contribution < 1.29 is 18.7 Å². The molecule has 21 heavy (non-hydrogen) atoms. The van der Waals surface area contributed by atoms with Crippen molar-refractivity contribution in [2.24, 2.45) is 0 Å². The van der Waals surface area contributed by atoms with E-state index in [-0.39, 0.29) is 17.8 Å². The Morgan fingerprint density at radius 2 is 2.19 bits per heavy atom. The lowest BCUT2D eigenvalue weighted by Gasteiger charge is -2.36. The van der Waals surface area contributed by atoms with Crippen LogP contribution in [0.4, 0.5) is 4.39 Å². The SMILES string of the molecule is O=C([C@@H]1COCCN1)N1CCO[C@H](c2ccccc2F)C1. The maximum Gasteiger partial charge on any atom is 0.242 e. The smallest absolute Gasteiger partial charge is 0.242 e. The molecule has 2 saturated heterocycles. The Morgan fingerprint density at radius 3 is 2.95 bits per heavy atom. The van der Waals surface area contributed by atoms with Crippen LogP contribution in [0.2, 0.25) is 0 Å². The van der Waals surface area contributed by atoms with Crippen LogP contribution in [0, 0.1) is 5.82 Å². The Hall–Kier alpha value is -1.50. The highest BCUT2D eigenvalue weighted by Crippen LogP contribution is 2.24. The minimum absolute atomic E-state index is 0.000612. The number of hydrogen-bond acceptors (Lipinski definition) is 4. The maximum atomic E-state index is 13.8. The highest BCUT2D eigenvalue weighted by molar-refractivity contribution is 5.82. The normalized spacial score (nSPS) is 26.6. The van der Waals surface area contributed by atoms with Crippen molar-refractivity contribution in [2.45, 2.75) is 12.1 Å². The number of morpholine rings is 2. The first-order valence-corrected chi connectivity index (χ1v) is 7.21. The molecule has 1 N–H and O–H groups in total. The summed E-state index contributed by atoms with van der Waals surface area (Å²) < 4.78 is 24.8. The summed E-state index contributed by atoms with van der Waals surface area (Å²) in [5.74, 6) is -0.296. The quantitative estimate of drug-likeness (QED) is 0.873. The van der Waals surface area contributed by atoms with Crippen molar-refractivity contribution in [3.63, 3.8) is 0 Å². The van der Waals surface area contributed by atoms with Gasteiger partial charge in [0.15, 0.2) is 0 Å². The number of carbonyl (C=O) groups is 1. The summed E-state index contributed by atoms with van der Waals surface area (Å²) in [6.07, 6.45) is -0.409. The molecule has 2 aliphatic rings. The molecule has 0 saturated carbocycles. The molecule has 1 amide bonds. The Bertz CT molecular complexity index is 505. The second kappa shape index (κ2) is 6.51. The van der Waals surface area contributed by atoms with Crippen LogP contribution in [0.3, 0.4) is 0 Å². The number of nitrogens with one attached hydrogen (secondary N) is 1. The van der Waals surface area contributed by atoms with Crippen LogP contribution in [-0.2, 0) is 14.3 Å². The average molecular weight is 294 g/mol. The van der Waals surface area contributed by atoms with Gasteiger partial charge in [0.1, 0.15) is 18.0 Å². The van der Waals surface area contributed by atoms with E-state index in [0.29, 0.717) is 45.0 Å². The number of hydrogen-bond donors (Lipinski definition) is 1. The molecule has 5 nitrogen and oxygen atoms in total. The summed E-state index contributed by atoms with van der Waals surface area (Å²) >= 11 is 0. The second-order valence-electron chi connectivity index (χ2n) is 5.25. The third-order valence-corrected chi connectivity index (χ3v) is 3.85. The summed E-state index contributed by atoms with van der Waals surface area (Å²) in [4.78, 5) is 14.2. The fourth-order valence-corrected chi connectivity index (χ4v) is 2.72. The molecule has 3 rings (SSSR count). The van der Waals surface area contributed by atoms with Crippen molar-refractivity contribution >= 4 is 5.91 Å². The van der Waals surface area contributed by atoms with E-state index in [2.05, 4.69) is 5.32 Å². The number of rotatable bonds is 2. The first-order valence-electron chi connectivity index (χ1n) is 7.21. The van der Waals surface area contributed by atoms with Crippen LogP contribution in [0.25, 0.3) is 0 Å². The number of ether oxygens (including phenoxy) is 2. The van der Waals surface area contributed by atoms with Gasteiger partial charge >= 0.3 is 0 Å². The highest BCUT2D eigenvalue weighted by atomic mass is 19.1.